The third kappa shape index (κ3) is 2.53. The minimum atomic E-state index is -3.46. The molecule has 2 rings (SSSR count). The normalized spacial score (nSPS) is 16.7. The van der Waals surface area contributed by atoms with Crippen molar-refractivity contribution in [2.45, 2.75) is 30.9 Å². The molecule has 5 nitrogen and oxygen atoms in total. The van der Waals surface area contributed by atoms with Crippen molar-refractivity contribution < 1.29 is 18.3 Å². The molecule has 0 heterocycles. The minimum absolute atomic E-state index is 0.117. The van der Waals surface area contributed by atoms with Crippen molar-refractivity contribution in [3.63, 3.8) is 0 Å². The lowest BCUT2D eigenvalue weighted by molar-refractivity contribution is 0.411. The Balaban J connectivity index is 2.28. The summed E-state index contributed by atoms with van der Waals surface area (Å²) in [6.07, 6.45) is 3.21. The van der Waals surface area contributed by atoms with Crippen LogP contribution in [0.15, 0.2) is 18.2 Å². The SMILES string of the molecule is COc1cccc(O)c1NS(=O)(=O)C1CCCC1. The third-order valence-corrected chi connectivity index (χ3v) is 5.05. The Bertz CT molecular complexity index is 521. The monoisotopic (exact) mass is 271 g/mol. The van der Waals surface area contributed by atoms with Crippen LogP contribution in [0.3, 0.4) is 0 Å². The molecule has 100 valence electrons. The van der Waals surface area contributed by atoms with Crippen LogP contribution in [0.25, 0.3) is 0 Å². The Morgan fingerprint density at radius 3 is 2.61 bits per heavy atom. The fourth-order valence-corrected chi connectivity index (χ4v) is 3.83. The van der Waals surface area contributed by atoms with E-state index in [0.717, 1.165) is 12.8 Å². The van der Waals surface area contributed by atoms with Crippen LogP contribution >= 0.6 is 0 Å². The van der Waals surface area contributed by atoms with Gasteiger partial charge in [0.15, 0.2) is 0 Å². The van der Waals surface area contributed by atoms with Crippen molar-refractivity contribution in [3.8, 4) is 11.5 Å². The highest BCUT2D eigenvalue weighted by atomic mass is 32.2. The number of ether oxygens (including phenoxy) is 1. The summed E-state index contributed by atoms with van der Waals surface area (Å²) in [5.74, 6) is 0.187. The zero-order valence-electron chi connectivity index (χ0n) is 10.2. The molecule has 1 aliphatic carbocycles. The predicted molar refractivity (Wildman–Crippen MR) is 69.5 cm³/mol. The van der Waals surface area contributed by atoms with Crippen molar-refractivity contribution in [2.75, 3.05) is 11.8 Å². The largest absolute Gasteiger partial charge is 0.506 e. The maximum absolute atomic E-state index is 12.1. The molecule has 1 aromatic carbocycles. The number of benzene rings is 1. The molecule has 6 heteroatoms. The van der Waals surface area contributed by atoms with Gasteiger partial charge in [-0.2, -0.15) is 0 Å². The number of sulfonamides is 1. The average molecular weight is 271 g/mol. The first kappa shape index (κ1) is 13.0. The Morgan fingerprint density at radius 2 is 2.00 bits per heavy atom. The molecular formula is C12H17NO4S. The number of rotatable bonds is 4. The lowest BCUT2D eigenvalue weighted by Gasteiger charge is -2.16. The number of anilines is 1. The van der Waals surface area contributed by atoms with Crippen molar-refractivity contribution in [2.24, 2.45) is 0 Å². The molecule has 1 aromatic rings. The average Bonchev–Trinajstić information content (AvgIpc) is 2.86. The predicted octanol–water partition coefficient (Wildman–Crippen LogP) is 2.09. The smallest absolute Gasteiger partial charge is 0.235 e. The van der Waals surface area contributed by atoms with E-state index in [2.05, 4.69) is 4.72 Å². The van der Waals surface area contributed by atoms with Crippen LogP contribution in [-0.2, 0) is 10.0 Å². The van der Waals surface area contributed by atoms with Crippen molar-refractivity contribution in [3.05, 3.63) is 18.2 Å². The van der Waals surface area contributed by atoms with Crippen LogP contribution in [0.5, 0.6) is 11.5 Å². The number of aromatic hydroxyl groups is 1. The molecule has 0 spiro atoms. The van der Waals surface area contributed by atoms with E-state index in [1.165, 1.54) is 13.2 Å². The van der Waals surface area contributed by atoms with E-state index in [-0.39, 0.29) is 16.7 Å². The maximum atomic E-state index is 12.1. The highest BCUT2D eigenvalue weighted by molar-refractivity contribution is 7.93. The molecule has 0 aromatic heterocycles. The standard InChI is InChI=1S/C12H17NO4S/c1-17-11-8-4-7-10(14)12(11)13-18(15,16)9-5-2-3-6-9/h4,7-9,13-14H,2-3,5-6H2,1H3. The van der Waals surface area contributed by atoms with Gasteiger partial charge in [-0.15, -0.1) is 0 Å². The summed E-state index contributed by atoms with van der Waals surface area (Å²) < 4.78 is 31.8. The van der Waals surface area contributed by atoms with Crippen LogP contribution < -0.4 is 9.46 Å². The second-order valence-corrected chi connectivity index (χ2v) is 6.37. The quantitative estimate of drug-likeness (QED) is 0.822. The zero-order valence-corrected chi connectivity index (χ0v) is 11.0. The molecule has 1 fully saturated rings. The molecule has 0 aliphatic heterocycles. The molecule has 0 unspecified atom stereocenters. The van der Waals surface area contributed by atoms with Gasteiger partial charge in [-0.05, 0) is 25.0 Å². The van der Waals surface area contributed by atoms with E-state index in [1.54, 1.807) is 12.1 Å². The van der Waals surface area contributed by atoms with Gasteiger partial charge in [-0.25, -0.2) is 8.42 Å². The molecule has 2 N–H and O–H groups in total. The summed E-state index contributed by atoms with van der Waals surface area (Å²) >= 11 is 0. The van der Waals surface area contributed by atoms with Gasteiger partial charge in [0.25, 0.3) is 0 Å². The van der Waals surface area contributed by atoms with Crippen molar-refractivity contribution in [1.82, 2.24) is 0 Å². The molecule has 0 amide bonds. The fraction of sp³-hybridized carbons (Fsp3) is 0.500. The molecular weight excluding hydrogens is 254 g/mol. The van der Waals surface area contributed by atoms with Gasteiger partial charge in [-0.3, -0.25) is 4.72 Å². The van der Waals surface area contributed by atoms with Gasteiger partial charge in [0.2, 0.25) is 10.0 Å². The van der Waals surface area contributed by atoms with E-state index < -0.39 is 10.0 Å². The Kier molecular flexibility index (Phi) is 3.65. The summed E-state index contributed by atoms with van der Waals surface area (Å²) in [6, 6.07) is 4.63. The van der Waals surface area contributed by atoms with Crippen LogP contribution in [0, 0.1) is 0 Å². The highest BCUT2D eigenvalue weighted by Gasteiger charge is 2.30. The number of phenols is 1. The molecule has 0 atom stereocenters. The number of para-hydroxylation sites is 1. The van der Waals surface area contributed by atoms with Crippen LogP contribution in [-0.4, -0.2) is 25.9 Å². The molecule has 0 radical (unpaired) electrons. The first-order valence-corrected chi connectivity index (χ1v) is 7.47. The first-order chi connectivity index (χ1) is 8.54. The zero-order chi connectivity index (χ0) is 13.2. The fourth-order valence-electron chi connectivity index (χ4n) is 2.22. The van der Waals surface area contributed by atoms with E-state index in [4.69, 9.17) is 4.74 Å². The minimum Gasteiger partial charge on any atom is -0.506 e. The summed E-state index contributed by atoms with van der Waals surface area (Å²) in [5.41, 5.74) is 0.117. The van der Waals surface area contributed by atoms with Gasteiger partial charge in [-0.1, -0.05) is 18.9 Å². The number of nitrogens with one attached hydrogen (secondary N) is 1. The van der Waals surface area contributed by atoms with Crippen molar-refractivity contribution >= 4 is 15.7 Å². The van der Waals surface area contributed by atoms with Crippen LogP contribution in [0.1, 0.15) is 25.7 Å². The third-order valence-electron chi connectivity index (χ3n) is 3.21. The van der Waals surface area contributed by atoms with Crippen LogP contribution in [0.4, 0.5) is 5.69 Å². The molecule has 0 bridgehead atoms. The van der Waals surface area contributed by atoms with Gasteiger partial charge in [0, 0.05) is 0 Å². The highest BCUT2D eigenvalue weighted by Crippen LogP contribution is 2.36. The number of phenolic OH excluding ortho intramolecular Hbond substituents is 1. The maximum Gasteiger partial charge on any atom is 0.235 e. The Hall–Kier alpha value is -1.43. The van der Waals surface area contributed by atoms with E-state index >= 15 is 0 Å². The molecule has 1 saturated carbocycles. The summed E-state index contributed by atoms with van der Waals surface area (Å²) in [5, 5.41) is 9.35. The van der Waals surface area contributed by atoms with Gasteiger partial charge < -0.3 is 9.84 Å². The van der Waals surface area contributed by atoms with Crippen LogP contribution in [0.2, 0.25) is 0 Å². The second kappa shape index (κ2) is 5.06. The summed E-state index contributed by atoms with van der Waals surface area (Å²) in [6.45, 7) is 0. The Morgan fingerprint density at radius 1 is 1.33 bits per heavy atom. The van der Waals surface area contributed by atoms with E-state index in [0.29, 0.717) is 18.6 Å². The molecule has 0 saturated heterocycles. The van der Waals surface area contributed by atoms with Crippen molar-refractivity contribution in [1.29, 1.82) is 0 Å². The summed E-state index contributed by atoms with van der Waals surface area (Å²) in [4.78, 5) is 0. The molecule has 18 heavy (non-hydrogen) atoms. The lowest BCUT2D eigenvalue weighted by atomic mass is 10.3. The van der Waals surface area contributed by atoms with Gasteiger partial charge in [0.05, 0.1) is 12.4 Å². The number of methoxy groups -OCH3 is 1. The number of hydrogen-bond donors (Lipinski definition) is 2. The summed E-state index contributed by atoms with van der Waals surface area (Å²) in [7, 11) is -2.03. The lowest BCUT2D eigenvalue weighted by Crippen LogP contribution is -2.25. The molecule has 1 aliphatic rings. The second-order valence-electron chi connectivity index (χ2n) is 4.41. The van der Waals surface area contributed by atoms with E-state index in [1.807, 2.05) is 0 Å². The van der Waals surface area contributed by atoms with Gasteiger partial charge in [0.1, 0.15) is 17.2 Å². The van der Waals surface area contributed by atoms with Gasteiger partial charge >= 0.3 is 0 Å². The first-order valence-electron chi connectivity index (χ1n) is 5.92. The number of hydrogen-bond acceptors (Lipinski definition) is 4. The van der Waals surface area contributed by atoms with E-state index in [9.17, 15) is 13.5 Å². The Labute approximate surface area is 107 Å². The topological polar surface area (TPSA) is 75.6 Å².